The summed E-state index contributed by atoms with van der Waals surface area (Å²) in [6.07, 6.45) is -2.91. The number of aromatic hydroxyl groups is 1. The Kier molecular flexibility index (Phi) is 9.15. The first-order valence-electron chi connectivity index (χ1n) is 10.6. The Balaban J connectivity index is 1.74. The van der Waals surface area contributed by atoms with Crippen LogP contribution in [0.2, 0.25) is 0 Å². The van der Waals surface area contributed by atoms with Crippen molar-refractivity contribution in [2.75, 3.05) is 24.7 Å². The van der Waals surface area contributed by atoms with Crippen molar-refractivity contribution in [3.05, 3.63) is 51.4 Å². The van der Waals surface area contributed by atoms with E-state index < -0.39 is 58.2 Å². The highest BCUT2D eigenvalue weighted by Gasteiger charge is 2.40. The molecule has 1 atom stereocenters. The number of benzene rings is 1. The standard InChI is InChI=1S/C22H21F3N4O6S2/c1-35-20(34)13(10-26-18(32)14-6-3-7-36-14)27-19(33)16-17(22(23,24)25)29-21(37-16)28-15(31)9-11-4-2-5-12(30)8-11/h2,4-6,8,13,30H,3,7,9-10H2,1H3,(H,26,32)(H,27,33)(H,28,29,31)/t13-/m0/s1. The number of hydrogen-bond donors (Lipinski definition) is 4. The summed E-state index contributed by atoms with van der Waals surface area (Å²) in [4.78, 5) is 52.2. The van der Waals surface area contributed by atoms with E-state index in [9.17, 15) is 37.5 Å². The summed E-state index contributed by atoms with van der Waals surface area (Å²) in [7, 11) is 1.02. The molecule has 10 nitrogen and oxygen atoms in total. The van der Waals surface area contributed by atoms with E-state index in [1.54, 1.807) is 6.08 Å². The van der Waals surface area contributed by atoms with Crippen molar-refractivity contribution in [2.24, 2.45) is 0 Å². The lowest BCUT2D eigenvalue weighted by atomic mass is 10.1. The zero-order valence-electron chi connectivity index (χ0n) is 19.2. The van der Waals surface area contributed by atoms with Crippen LogP contribution >= 0.6 is 23.1 Å². The number of amides is 3. The quantitative estimate of drug-likeness (QED) is 0.344. The van der Waals surface area contributed by atoms with Gasteiger partial charge in [-0.1, -0.05) is 29.5 Å². The number of alkyl halides is 3. The number of ether oxygens (including phenoxy) is 1. The summed E-state index contributed by atoms with van der Waals surface area (Å²) in [6.45, 7) is -0.428. The van der Waals surface area contributed by atoms with Crippen LogP contribution in [0.15, 0.2) is 35.2 Å². The maximum atomic E-state index is 13.6. The molecule has 4 N–H and O–H groups in total. The molecule has 0 saturated carbocycles. The molecule has 3 amide bonds. The van der Waals surface area contributed by atoms with Gasteiger partial charge in [0.05, 0.1) is 18.4 Å². The van der Waals surface area contributed by atoms with Gasteiger partial charge in [0, 0.05) is 12.3 Å². The minimum absolute atomic E-state index is 0.0899. The van der Waals surface area contributed by atoms with Gasteiger partial charge in [-0.3, -0.25) is 14.4 Å². The molecule has 0 radical (unpaired) electrons. The summed E-state index contributed by atoms with van der Waals surface area (Å²) in [5.41, 5.74) is -1.15. The van der Waals surface area contributed by atoms with E-state index in [1.165, 1.54) is 36.0 Å². The van der Waals surface area contributed by atoms with Crippen molar-refractivity contribution in [3.8, 4) is 5.75 Å². The number of rotatable bonds is 9. The van der Waals surface area contributed by atoms with Crippen LogP contribution in [-0.4, -0.2) is 59.2 Å². The fourth-order valence-corrected chi connectivity index (χ4v) is 4.95. The van der Waals surface area contributed by atoms with E-state index in [-0.39, 0.29) is 23.5 Å². The van der Waals surface area contributed by atoms with Gasteiger partial charge in [0.1, 0.15) is 16.7 Å². The summed E-state index contributed by atoms with van der Waals surface area (Å²) in [5.74, 6) is -2.87. The highest BCUT2D eigenvalue weighted by molar-refractivity contribution is 8.04. The normalized spacial score (nSPS) is 13.9. The van der Waals surface area contributed by atoms with Crippen molar-refractivity contribution < 1.29 is 42.2 Å². The van der Waals surface area contributed by atoms with Gasteiger partial charge in [-0.15, -0.1) is 11.8 Å². The van der Waals surface area contributed by atoms with Crippen LogP contribution in [0.4, 0.5) is 18.3 Å². The first kappa shape index (κ1) is 28.0. The molecule has 2 aromatic rings. The average Bonchev–Trinajstić information content (AvgIpc) is 3.51. The van der Waals surface area contributed by atoms with E-state index >= 15 is 0 Å². The van der Waals surface area contributed by atoms with Gasteiger partial charge in [-0.25, -0.2) is 9.78 Å². The molecule has 0 fully saturated rings. The fourth-order valence-electron chi connectivity index (χ4n) is 3.15. The molecular formula is C22H21F3N4O6S2. The van der Waals surface area contributed by atoms with Crippen molar-refractivity contribution in [1.82, 2.24) is 15.6 Å². The molecule has 1 aromatic carbocycles. The second-order valence-corrected chi connectivity index (χ2v) is 9.69. The van der Waals surface area contributed by atoms with Crippen LogP contribution in [-0.2, 0) is 31.7 Å². The van der Waals surface area contributed by atoms with Crippen molar-refractivity contribution in [3.63, 3.8) is 0 Å². The maximum absolute atomic E-state index is 13.6. The lowest BCUT2D eigenvalue weighted by Crippen LogP contribution is -2.49. The molecule has 2 heterocycles. The Morgan fingerprint density at radius 1 is 1.22 bits per heavy atom. The molecule has 1 aromatic heterocycles. The molecule has 1 aliphatic heterocycles. The summed E-state index contributed by atoms with van der Waals surface area (Å²) in [6, 6.07) is 4.25. The monoisotopic (exact) mass is 558 g/mol. The Morgan fingerprint density at radius 2 is 1.97 bits per heavy atom. The van der Waals surface area contributed by atoms with Crippen molar-refractivity contribution in [1.29, 1.82) is 0 Å². The fraction of sp³-hybridized carbons (Fsp3) is 0.318. The molecule has 1 aliphatic rings. The number of thiazole rings is 1. The lowest BCUT2D eigenvalue weighted by molar-refractivity contribution is -0.142. The van der Waals surface area contributed by atoms with Gasteiger partial charge in [0.2, 0.25) is 5.91 Å². The van der Waals surface area contributed by atoms with E-state index in [0.29, 0.717) is 16.9 Å². The number of carbonyl (C=O) groups is 4. The first-order chi connectivity index (χ1) is 17.5. The number of phenols is 1. The second-order valence-electron chi connectivity index (χ2n) is 7.55. The number of allylic oxidation sites excluding steroid dienone is 1. The minimum Gasteiger partial charge on any atom is -0.508 e. The lowest BCUT2D eigenvalue weighted by Gasteiger charge is -2.17. The Bertz CT molecular complexity index is 1230. The van der Waals surface area contributed by atoms with E-state index in [0.717, 1.165) is 12.9 Å². The summed E-state index contributed by atoms with van der Waals surface area (Å²) in [5, 5.41) is 15.8. The number of nitrogens with one attached hydrogen (secondary N) is 3. The Labute approximate surface area is 216 Å². The molecule has 0 saturated heterocycles. The third-order valence-electron chi connectivity index (χ3n) is 4.81. The molecule has 37 heavy (non-hydrogen) atoms. The number of aromatic nitrogens is 1. The third kappa shape index (κ3) is 7.69. The van der Waals surface area contributed by atoms with Crippen LogP contribution in [0.1, 0.15) is 27.3 Å². The number of carbonyl (C=O) groups excluding carboxylic acids is 4. The van der Waals surface area contributed by atoms with Gasteiger partial charge in [0.25, 0.3) is 11.8 Å². The smallest absolute Gasteiger partial charge is 0.435 e. The largest absolute Gasteiger partial charge is 0.508 e. The van der Waals surface area contributed by atoms with Crippen LogP contribution in [0, 0.1) is 0 Å². The molecule has 0 spiro atoms. The van der Waals surface area contributed by atoms with Gasteiger partial charge < -0.3 is 25.8 Å². The average molecular weight is 559 g/mol. The number of halogens is 3. The van der Waals surface area contributed by atoms with Crippen molar-refractivity contribution >= 4 is 51.9 Å². The topological polar surface area (TPSA) is 147 Å². The molecular weight excluding hydrogens is 537 g/mol. The predicted octanol–water partition coefficient (Wildman–Crippen LogP) is 2.46. The van der Waals surface area contributed by atoms with Crippen molar-refractivity contribution in [2.45, 2.75) is 25.1 Å². The Hall–Kier alpha value is -3.59. The van der Waals surface area contributed by atoms with E-state index in [1.807, 2.05) is 0 Å². The second kappa shape index (κ2) is 12.1. The number of thioether (sulfide) groups is 1. The van der Waals surface area contributed by atoms with Gasteiger partial charge in [0.15, 0.2) is 10.8 Å². The van der Waals surface area contributed by atoms with Crippen LogP contribution in [0.25, 0.3) is 0 Å². The van der Waals surface area contributed by atoms with Gasteiger partial charge >= 0.3 is 12.1 Å². The van der Waals surface area contributed by atoms with E-state index in [2.05, 4.69) is 25.7 Å². The van der Waals surface area contributed by atoms with Gasteiger partial charge in [-0.2, -0.15) is 13.2 Å². The number of esters is 1. The zero-order chi connectivity index (χ0) is 27.2. The van der Waals surface area contributed by atoms with Crippen LogP contribution in [0.5, 0.6) is 5.75 Å². The molecule has 198 valence electrons. The zero-order valence-corrected chi connectivity index (χ0v) is 20.8. The number of methoxy groups -OCH3 is 1. The maximum Gasteiger partial charge on any atom is 0.435 e. The van der Waals surface area contributed by atoms with Crippen LogP contribution < -0.4 is 16.0 Å². The molecule has 0 aliphatic carbocycles. The van der Waals surface area contributed by atoms with Gasteiger partial charge in [-0.05, 0) is 24.1 Å². The molecule has 0 bridgehead atoms. The molecule has 0 unspecified atom stereocenters. The molecule has 3 rings (SSSR count). The Morgan fingerprint density at radius 3 is 2.59 bits per heavy atom. The highest BCUT2D eigenvalue weighted by atomic mass is 32.2. The van der Waals surface area contributed by atoms with E-state index in [4.69, 9.17) is 0 Å². The van der Waals surface area contributed by atoms with Crippen LogP contribution in [0.3, 0.4) is 0 Å². The summed E-state index contributed by atoms with van der Waals surface area (Å²) < 4.78 is 45.4. The number of phenolic OH excluding ortho intramolecular Hbond substituents is 1. The number of nitrogens with zero attached hydrogens (tertiary/aromatic N) is 1. The third-order valence-corrected chi connectivity index (χ3v) is 6.88. The predicted molar refractivity (Wildman–Crippen MR) is 129 cm³/mol. The number of anilines is 1. The minimum atomic E-state index is -5.04. The molecule has 15 heteroatoms. The highest BCUT2D eigenvalue weighted by Crippen LogP contribution is 2.36. The summed E-state index contributed by atoms with van der Waals surface area (Å²) >= 11 is 1.57. The SMILES string of the molecule is COC(=O)[C@H](CNC(=O)C1=CCCS1)NC(=O)c1sc(NC(=O)Cc2cccc(O)c2)nc1C(F)(F)F. The first-order valence-corrected chi connectivity index (χ1v) is 12.4. The number of hydrogen-bond acceptors (Lipinski definition) is 9.